The zero-order valence-electron chi connectivity index (χ0n) is 17.6. The van der Waals surface area contributed by atoms with Gasteiger partial charge in [-0.05, 0) is 63.3 Å². The number of hydrogen-bond donors (Lipinski definition) is 1. The number of methoxy groups -OCH3 is 1. The van der Waals surface area contributed by atoms with Crippen molar-refractivity contribution >= 4 is 44.7 Å². The van der Waals surface area contributed by atoms with Gasteiger partial charge in [0.2, 0.25) is 0 Å². The first-order chi connectivity index (χ1) is 16.1. The molecular weight excluding hydrogens is 535 g/mol. The lowest BCUT2D eigenvalue weighted by atomic mass is 9.99. The number of benzene rings is 2. The molecular formula is C24H17BrF3NO4S. The van der Waals surface area contributed by atoms with E-state index in [9.17, 15) is 27.9 Å². The standard InChI is InChI=1S/C24H17BrF3NO4S/c1-33-17-8-7-14(11-16(17)25)21(30)19-20(18-6-3-9-34-18)29(23(32)22(19)31)12-13-4-2-5-15(10-13)24(26,27)28/h2-11,20,30H,12H2,1H3/b21-19-. The van der Waals surface area contributed by atoms with Gasteiger partial charge in [0.15, 0.2) is 0 Å². The van der Waals surface area contributed by atoms with Crippen molar-refractivity contribution in [2.45, 2.75) is 18.8 Å². The first-order valence-corrected chi connectivity index (χ1v) is 11.6. The summed E-state index contributed by atoms with van der Waals surface area (Å²) in [7, 11) is 1.48. The van der Waals surface area contributed by atoms with E-state index in [0.29, 0.717) is 15.1 Å². The molecule has 0 saturated carbocycles. The molecule has 1 unspecified atom stereocenters. The van der Waals surface area contributed by atoms with Crippen LogP contribution in [0.5, 0.6) is 5.75 Å². The van der Waals surface area contributed by atoms with Crippen molar-refractivity contribution in [3.05, 3.63) is 91.6 Å². The highest BCUT2D eigenvalue weighted by Gasteiger charge is 2.46. The second kappa shape index (κ2) is 9.27. The van der Waals surface area contributed by atoms with Crippen molar-refractivity contribution in [3.63, 3.8) is 0 Å². The third-order valence-corrected chi connectivity index (χ3v) is 6.93. The maximum atomic E-state index is 13.2. The molecule has 1 amide bonds. The summed E-state index contributed by atoms with van der Waals surface area (Å²) in [5.41, 5.74) is -0.481. The topological polar surface area (TPSA) is 66.8 Å². The molecule has 176 valence electrons. The van der Waals surface area contributed by atoms with Gasteiger partial charge >= 0.3 is 6.18 Å². The molecule has 3 aromatic rings. The number of aliphatic hydroxyl groups is 1. The third-order valence-electron chi connectivity index (χ3n) is 5.39. The molecule has 1 N–H and O–H groups in total. The predicted molar refractivity (Wildman–Crippen MR) is 124 cm³/mol. The van der Waals surface area contributed by atoms with Crippen molar-refractivity contribution in [3.8, 4) is 5.75 Å². The number of Topliss-reactive ketones (excluding diaryl/α,β-unsaturated/α-hetero) is 1. The van der Waals surface area contributed by atoms with E-state index >= 15 is 0 Å². The lowest BCUT2D eigenvalue weighted by Gasteiger charge is -2.24. The molecule has 1 aliphatic rings. The van der Waals surface area contributed by atoms with Gasteiger partial charge in [0, 0.05) is 17.0 Å². The average molecular weight is 552 g/mol. The van der Waals surface area contributed by atoms with Crippen molar-refractivity contribution < 1.29 is 32.6 Å². The molecule has 34 heavy (non-hydrogen) atoms. The number of alkyl halides is 3. The maximum Gasteiger partial charge on any atom is 0.416 e. The Labute approximate surface area is 205 Å². The minimum Gasteiger partial charge on any atom is -0.507 e. The van der Waals surface area contributed by atoms with Gasteiger partial charge in [-0.1, -0.05) is 18.2 Å². The Bertz CT molecular complexity index is 1290. The fourth-order valence-corrected chi connectivity index (χ4v) is 5.18. The summed E-state index contributed by atoms with van der Waals surface area (Å²) < 4.78 is 45.2. The van der Waals surface area contributed by atoms with Gasteiger partial charge in [0.1, 0.15) is 11.5 Å². The van der Waals surface area contributed by atoms with Gasteiger partial charge in [-0.25, -0.2) is 0 Å². The zero-order chi connectivity index (χ0) is 24.6. The summed E-state index contributed by atoms with van der Waals surface area (Å²) >= 11 is 4.60. The summed E-state index contributed by atoms with van der Waals surface area (Å²) in [6.07, 6.45) is -4.54. The highest BCUT2D eigenvalue weighted by atomic mass is 79.9. The Morgan fingerprint density at radius 1 is 1.15 bits per heavy atom. The van der Waals surface area contributed by atoms with Crippen LogP contribution in [-0.4, -0.2) is 28.8 Å². The fraction of sp³-hybridized carbons (Fsp3) is 0.167. The van der Waals surface area contributed by atoms with E-state index in [-0.39, 0.29) is 29.0 Å². The first-order valence-electron chi connectivity index (χ1n) is 9.93. The number of hydrogen-bond acceptors (Lipinski definition) is 5. The Hall–Kier alpha value is -3.11. The van der Waals surface area contributed by atoms with E-state index in [1.165, 1.54) is 35.5 Å². The molecule has 1 saturated heterocycles. The number of rotatable bonds is 5. The molecule has 0 aliphatic carbocycles. The van der Waals surface area contributed by atoms with Gasteiger partial charge in [-0.15, -0.1) is 11.3 Å². The van der Waals surface area contributed by atoms with Gasteiger partial charge < -0.3 is 14.7 Å². The van der Waals surface area contributed by atoms with Gasteiger partial charge in [-0.3, -0.25) is 9.59 Å². The van der Waals surface area contributed by atoms with E-state index in [0.717, 1.165) is 12.1 Å². The monoisotopic (exact) mass is 551 g/mol. The molecule has 1 aromatic heterocycles. The van der Waals surface area contributed by atoms with E-state index in [4.69, 9.17) is 4.74 Å². The second-order valence-corrected chi connectivity index (χ2v) is 9.32. The number of carbonyl (C=O) groups is 2. The number of ketones is 1. The van der Waals surface area contributed by atoms with Crippen LogP contribution in [0, 0.1) is 0 Å². The molecule has 0 spiro atoms. The smallest absolute Gasteiger partial charge is 0.416 e. The maximum absolute atomic E-state index is 13.2. The summed E-state index contributed by atoms with van der Waals surface area (Å²) in [6.45, 7) is -0.236. The number of nitrogens with zero attached hydrogens (tertiary/aromatic N) is 1. The van der Waals surface area contributed by atoms with Crippen molar-refractivity contribution in [1.82, 2.24) is 4.90 Å². The summed E-state index contributed by atoms with van der Waals surface area (Å²) in [5, 5.41) is 12.8. The lowest BCUT2D eigenvalue weighted by molar-refractivity contribution is -0.140. The van der Waals surface area contributed by atoms with E-state index in [1.54, 1.807) is 35.7 Å². The minimum atomic E-state index is -4.54. The van der Waals surface area contributed by atoms with Crippen LogP contribution in [0.1, 0.15) is 27.6 Å². The van der Waals surface area contributed by atoms with Crippen molar-refractivity contribution in [1.29, 1.82) is 0 Å². The molecule has 5 nitrogen and oxygen atoms in total. The molecule has 0 bridgehead atoms. The van der Waals surface area contributed by atoms with E-state index < -0.39 is 29.5 Å². The summed E-state index contributed by atoms with van der Waals surface area (Å²) in [5.74, 6) is -1.68. The third kappa shape index (κ3) is 4.47. The van der Waals surface area contributed by atoms with Crippen LogP contribution in [-0.2, 0) is 22.3 Å². The molecule has 0 radical (unpaired) electrons. The SMILES string of the molecule is COc1ccc(/C(O)=C2/C(=O)C(=O)N(Cc3cccc(C(F)(F)F)c3)C2c2cccs2)cc1Br. The van der Waals surface area contributed by atoms with E-state index in [1.807, 2.05) is 0 Å². The predicted octanol–water partition coefficient (Wildman–Crippen LogP) is 6.16. The van der Waals surface area contributed by atoms with Crippen LogP contribution in [0.25, 0.3) is 5.76 Å². The molecule has 1 aliphatic heterocycles. The van der Waals surface area contributed by atoms with Crippen LogP contribution in [0.2, 0.25) is 0 Å². The zero-order valence-corrected chi connectivity index (χ0v) is 20.0. The number of thiophene rings is 1. The van der Waals surface area contributed by atoms with Gasteiger partial charge in [0.25, 0.3) is 11.7 Å². The first kappa shape index (κ1) is 24.0. The van der Waals surface area contributed by atoms with Crippen molar-refractivity contribution in [2.75, 3.05) is 7.11 Å². The molecule has 2 heterocycles. The highest BCUT2D eigenvalue weighted by molar-refractivity contribution is 9.10. The summed E-state index contributed by atoms with van der Waals surface area (Å²) in [6, 6.07) is 11.8. The van der Waals surface area contributed by atoms with Crippen LogP contribution in [0.15, 0.2) is 70.0 Å². The quantitative estimate of drug-likeness (QED) is 0.234. The number of aliphatic hydroxyl groups excluding tert-OH is 1. The molecule has 10 heteroatoms. The van der Waals surface area contributed by atoms with Gasteiger partial charge in [0.05, 0.1) is 28.8 Å². The van der Waals surface area contributed by atoms with Crippen molar-refractivity contribution in [2.24, 2.45) is 0 Å². The molecule has 1 atom stereocenters. The summed E-state index contributed by atoms with van der Waals surface area (Å²) in [4.78, 5) is 27.8. The van der Waals surface area contributed by atoms with E-state index in [2.05, 4.69) is 15.9 Å². The number of likely N-dealkylation sites (tertiary alicyclic amines) is 1. The van der Waals surface area contributed by atoms with Crippen LogP contribution in [0.4, 0.5) is 13.2 Å². The number of ether oxygens (including phenoxy) is 1. The number of halogens is 4. The second-order valence-electron chi connectivity index (χ2n) is 7.49. The molecule has 4 rings (SSSR count). The minimum absolute atomic E-state index is 0.128. The van der Waals surface area contributed by atoms with Crippen LogP contribution in [0.3, 0.4) is 0 Å². The Balaban J connectivity index is 1.80. The lowest BCUT2D eigenvalue weighted by Crippen LogP contribution is -2.29. The normalized spacial score (nSPS) is 17.9. The average Bonchev–Trinajstić information content (AvgIpc) is 3.41. The highest BCUT2D eigenvalue weighted by Crippen LogP contribution is 2.42. The molecule has 1 fully saturated rings. The van der Waals surface area contributed by atoms with Crippen LogP contribution >= 0.6 is 27.3 Å². The van der Waals surface area contributed by atoms with Gasteiger partial charge in [-0.2, -0.15) is 13.2 Å². The Morgan fingerprint density at radius 2 is 1.91 bits per heavy atom. The Kier molecular flexibility index (Phi) is 6.55. The number of carbonyl (C=O) groups excluding carboxylic acids is 2. The Morgan fingerprint density at radius 3 is 2.53 bits per heavy atom. The van der Waals surface area contributed by atoms with Crippen LogP contribution < -0.4 is 4.74 Å². The molecule has 2 aromatic carbocycles. The fourth-order valence-electron chi connectivity index (χ4n) is 3.80. The largest absolute Gasteiger partial charge is 0.507 e. The number of amides is 1.